The molecule has 1 N–H and O–H groups in total. The number of ether oxygens (including phenoxy) is 1. The molecular formula is C8H17NO4. The fourth-order valence-corrected chi connectivity index (χ4v) is 1.13. The number of oxime groups is 1. The first kappa shape index (κ1) is 12.3. The molecule has 1 unspecified atom stereocenters. The average Bonchev–Trinajstić information content (AvgIpc) is 2.19. The topological polar surface area (TPSA) is 60.3 Å². The van der Waals surface area contributed by atoms with Crippen molar-refractivity contribution in [2.45, 2.75) is 32.5 Å². The van der Waals surface area contributed by atoms with Crippen LogP contribution in [0.5, 0.6) is 0 Å². The molecule has 0 saturated carbocycles. The van der Waals surface area contributed by atoms with E-state index >= 15 is 0 Å². The van der Waals surface area contributed by atoms with Gasteiger partial charge in [0.05, 0.1) is 0 Å². The summed E-state index contributed by atoms with van der Waals surface area (Å²) in [5.41, 5.74) is 0.516. The maximum Gasteiger partial charge on any atom is 0.243 e. The molecule has 0 heterocycles. The lowest BCUT2D eigenvalue weighted by Crippen LogP contribution is -2.42. The zero-order valence-corrected chi connectivity index (χ0v) is 8.53. The van der Waals surface area contributed by atoms with Crippen LogP contribution in [0.2, 0.25) is 0 Å². The summed E-state index contributed by atoms with van der Waals surface area (Å²) in [6.45, 7) is 3.70. The van der Waals surface area contributed by atoms with Crippen molar-refractivity contribution in [3.05, 3.63) is 0 Å². The minimum atomic E-state index is -1.18. The second-order valence-electron chi connectivity index (χ2n) is 2.48. The molecular weight excluding hydrogens is 174 g/mol. The first-order chi connectivity index (χ1) is 6.20. The molecule has 0 aromatic carbocycles. The standard InChI is InChI=1S/C8H17NO4/c1-5-7(9-12-4)8(6-2,11-3)13-10/h10H,5-6H2,1-4H3/b9-7+. The lowest BCUT2D eigenvalue weighted by molar-refractivity contribution is -0.370. The maximum atomic E-state index is 8.74. The molecule has 0 saturated heterocycles. The summed E-state index contributed by atoms with van der Waals surface area (Å²) in [5.74, 6) is -1.18. The molecule has 5 nitrogen and oxygen atoms in total. The van der Waals surface area contributed by atoms with Crippen LogP contribution in [0.1, 0.15) is 26.7 Å². The zero-order valence-electron chi connectivity index (χ0n) is 8.53. The van der Waals surface area contributed by atoms with Gasteiger partial charge < -0.3 is 9.57 Å². The van der Waals surface area contributed by atoms with Gasteiger partial charge in [0.1, 0.15) is 12.8 Å². The van der Waals surface area contributed by atoms with Gasteiger partial charge in [-0.25, -0.2) is 5.26 Å². The highest BCUT2D eigenvalue weighted by Crippen LogP contribution is 2.20. The van der Waals surface area contributed by atoms with E-state index in [4.69, 9.17) is 9.99 Å². The summed E-state index contributed by atoms with van der Waals surface area (Å²) >= 11 is 0. The third-order valence-electron chi connectivity index (χ3n) is 1.92. The van der Waals surface area contributed by atoms with Crippen molar-refractivity contribution in [2.24, 2.45) is 5.16 Å². The summed E-state index contributed by atoms with van der Waals surface area (Å²) in [4.78, 5) is 8.93. The Labute approximate surface area is 78.2 Å². The van der Waals surface area contributed by atoms with Crippen LogP contribution in [0, 0.1) is 0 Å². The van der Waals surface area contributed by atoms with E-state index in [1.54, 1.807) is 0 Å². The molecule has 0 aliphatic rings. The van der Waals surface area contributed by atoms with Crippen LogP contribution in [-0.4, -0.2) is 31.0 Å². The predicted molar refractivity (Wildman–Crippen MR) is 48.5 cm³/mol. The molecule has 0 aromatic rings. The average molecular weight is 191 g/mol. The largest absolute Gasteiger partial charge is 0.399 e. The Morgan fingerprint density at radius 2 is 2.00 bits per heavy atom. The van der Waals surface area contributed by atoms with Crippen molar-refractivity contribution in [1.82, 2.24) is 0 Å². The summed E-state index contributed by atoms with van der Waals surface area (Å²) in [7, 11) is 2.88. The van der Waals surface area contributed by atoms with Gasteiger partial charge in [-0.3, -0.25) is 0 Å². The van der Waals surface area contributed by atoms with E-state index in [2.05, 4.69) is 14.9 Å². The van der Waals surface area contributed by atoms with Crippen LogP contribution in [-0.2, 0) is 14.5 Å². The number of hydrogen-bond donors (Lipinski definition) is 1. The van der Waals surface area contributed by atoms with Crippen molar-refractivity contribution < 1.29 is 19.7 Å². The van der Waals surface area contributed by atoms with E-state index in [9.17, 15) is 0 Å². The third kappa shape index (κ3) is 2.65. The van der Waals surface area contributed by atoms with Gasteiger partial charge in [-0.05, 0) is 6.42 Å². The van der Waals surface area contributed by atoms with E-state index in [0.717, 1.165) is 0 Å². The van der Waals surface area contributed by atoms with Gasteiger partial charge in [0.15, 0.2) is 0 Å². The summed E-state index contributed by atoms with van der Waals surface area (Å²) < 4.78 is 5.06. The van der Waals surface area contributed by atoms with Gasteiger partial charge >= 0.3 is 0 Å². The Kier molecular flexibility index (Phi) is 5.61. The smallest absolute Gasteiger partial charge is 0.243 e. The summed E-state index contributed by atoms with van der Waals surface area (Å²) in [6.07, 6.45) is 1.03. The number of rotatable bonds is 6. The fraction of sp³-hybridized carbons (Fsp3) is 0.875. The predicted octanol–water partition coefficient (Wildman–Crippen LogP) is 1.64. The first-order valence-corrected chi connectivity index (χ1v) is 4.18. The molecule has 0 aromatic heterocycles. The van der Waals surface area contributed by atoms with E-state index in [1.807, 2.05) is 13.8 Å². The van der Waals surface area contributed by atoms with Gasteiger partial charge in [0.2, 0.25) is 5.79 Å². The monoisotopic (exact) mass is 191 g/mol. The van der Waals surface area contributed by atoms with E-state index in [-0.39, 0.29) is 0 Å². The molecule has 78 valence electrons. The van der Waals surface area contributed by atoms with Crippen LogP contribution in [0.25, 0.3) is 0 Å². The lowest BCUT2D eigenvalue weighted by atomic mass is 10.1. The van der Waals surface area contributed by atoms with Crippen LogP contribution < -0.4 is 0 Å². The quantitative estimate of drug-likeness (QED) is 0.300. The second-order valence-corrected chi connectivity index (χ2v) is 2.48. The molecule has 0 fully saturated rings. The number of nitrogens with zero attached hydrogens (tertiary/aromatic N) is 1. The van der Waals surface area contributed by atoms with Crippen molar-refractivity contribution in [1.29, 1.82) is 0 Å². The molecule has 0 aliphatic heterocycles. The Bertz CT molecular complexity index is 157. The molecule has 0 spiro atoms. The van der Waals surface area contributed by atoms with Crippen molar-refractivity contribution in [3.8, 4) is 0 Å². The van der Waals surface area contributed by atoms with E-state index < -0.39 is 5.79 Å². The molecule has 13 heavy (non-hydrogen) atoms. The molecule has 0 rings (SSSR count). The van der Waals surface area contributed by atoms with E-state index in [0.29, 0.717) is 18.6 Å². The number of methoxy groups -OCH3 is 1. The highest BCUT2D eigenvalue weighted by atomic mass is 17.1. The van der Waals surface area contributed by atoms with Crippen molar-refractivity contribution in [2.75, 3.05) is 14.2 Å². The Hall–Kier alpha value is -0.650. The Balaban J connectivity index is 4.76. The van der Waals surface area contributed by atoms with Gasteiger partial charge in [0.25, 0.3) is 0 Å². The molecule has 1 atom stereocenters. The SMILES string of the molecule is CC/C(=N\OC)C(CC)(OC)OO. The summed E-state index contributed by atoms with van der Waals surface area (Å²) in [6, 6.07) is 0. The van der Waals surface area contributed by atoms with Crippen LogP contribution in [0.15, 0.2) is 5.16 Å². The van der Waals surface area contributed by atoms with Crippen LogP contribution in [0.3, 0.4) is 0 Å². The lowest BCUT2D eigenvalue weighted by Gasteiger charge is -2.27. The van der Waals surface area contributed by atoms with Gasteiger partial charge in [-0.15, -0.1) is 0 Å². The molecule has 5 heteroatoms. The Morgan fingerprint density at radius 1 is 1.38 bits per heavy atom. The fourth-order valence-electron chi connectivity index (χ4n) is 1.13. The van der Waals surface area contributed by atoms with Crippen molar-refractivity contribution >= 4 is 5.71 Å². The van der Waals surface area contributed by atoms with Crippen molar-refractivity contribution in [3.63, 3.8) is 0 Å². The molecule has 0 amide bonds. The minimum Gasteiger partial charge on any atom is -0.399 e. The van der Waals surface area contributed by atoms with E-state index in [1.165, 1.54) is 14.2 Å². The second kappa shape index (κ2) is 5.90. The van der Waals surface area contributed by atoms with Gasteiger partial charge in [0, 0.05) is 13.5 Å². The zero-order chi connectivity index (χ0) is 10.3. The first-order valence-electron chi connectivity index (χ1n) is 4.18. The third-order valence-corrected chi connectivity index (χ3v) is 1.92. The summed E-state index contributed by atoms with van der Waals surface area (Å²) in [5, 5.41) is 12.5. The van der Waals surface area contributed by atoms with Crippen LogP contribution in [0.4, 0.5) is 0 Å². The molecule has 0 bridgehead atoms. The van der Waals surface area contributed by atoms with Gasteiger partial charge in [-0.1, -0.05) is 19.0 Å². The Morgan fingerprint density at radius 3 is 2.23 bits per heavy atom. The molecule has 0 aliphatic carbocycles. The highest BCUT2D eigenvalue weighted by Gasteiger charge is 2.35. The normalized spacial score (nSPS) is 16.8. The highest BCUT2D eigenvalue weighted by molar-refractivity contribution is 5.90. The molecule has 0 radical (unpaired) electrons. The minimum absolute atomic E-state index is 0.454. The van der Waals surface area contributed by atoms with Gasteiger partial charge in [-0.2, -0.15) is 4.89 Å². The maximum absolute atomic E-state index is 8.74. The number of hydrogen-bond acceptors (Lipinski definition) is 5. The van der Waals surface area contributed by atoms with Crippen LogP contribution >= 0.6 is 0 Å².